The van der Waals surface area contributed by atoms with E-state index in [-0.39, 0.29) is 6.42 Å². The van der Waals surface area contributed by atoms with E-state index < -0.39 is 5.97 Å². The smallest absolute Gasteiger partial charge is 0.307 e. The maximum absolute atomic E-state index is 10.4. The highest BCUT2D eigenvalue weighted by atomic mass is 16.4. The molecule has 15 heavy (non-hydrogen) atoms. The summed E-state index contributed by atoms with van der Waals surface area (Å²) in [7, 11) is 0. The van der Waals surface area contributed by atoms with E-state index in [2.05, 4.69) is 11.2 Å². The second-order valence-electron chi connectivity index (χ2n) is 3.19. The summed E-state index contributed by atoms with van der Waals surface area (Å²) in [5, 5.41) is 11.6. The zero-order valence-electron chi connectivity index (χ0n) is 8.36. The third-order valence-corrected chi connectivity index (χ3v) is 1.93. The van der Waals surface area contributed by atoms with Crippen molar-refractivity contribution >= 4 is 5.97 Å². The average Bonchev–Trinajstić information content (AvgIpc) is 2.20. The fourth-order valence-corrected chi connectivity index (χ4v) is 1.23. The van der Waals surface area contributed by atoms with Gasteiger partial charge in [0.15, 0.2) is 0 Å². The number of nitrogens with one attached hydrogen (secondary N) is 1. The molecule has 1 rings (SSSR count). The van der Waals surface area contributed by atoms with Crippen LogP contribution in [0.5, 0.6) is 0 Å². The van der Waals surface area contributed by atoms with Crippen LogP contribution in [0.3, 0.4) is 0 Å². The Morgan fingerprint density at radius 2 is 1.93 bits per heavy atom. The molecule has 0 unspecified atom stereocenters. The zero-order valence-corrected chi connectivity index (χ0v) is 8.36. The number of rotatable bonds is 5. The first-order valence-electron chi connectivity index (χ1n) is 4.66. The van der Waals surface area contributed by atoms with Crippen molar-refractivity contribution in [1.82, 2.24) is 5.32 Å². The maximum atomic E-state index is 10.4. The monoisotopic (exact) mass is 203 g/mol. The Bertz CT molecular complexity index is 362. The van der Waals surface area contributed by atoms with Crippen molar-refractivity contribution in [2.75, 3.05) is 6.54 Å². The number of carboxylic acids is 1. The lowest BCUT2D eigenvalue weighted by Gasteiger charge is -2.02. The molecule has 0 heterocycles. The van der Waals surface area contributed by atoms with Gasteiger partial charge in [0.05, 0.1) is 13.0 Å². The van der Waals surface area contributed by atoms with Gasteiger partial charge in [-0.3, -0.25) is 4.79 Å². The van der Waals surface area contributed by atoms with Crippen LogP contribution < -0.4 is 5.32 Å². The van der Waals surface area contributed by atoms with E-state index in [0.29, 0.717) is 13.1 Å². The molecule has 0 saturated heterocycles. The third kappa shape index (κ3) is 4.30. The van der Waals surface area contributed by atoms with Gasteiger partial charge in [0, 0.05) is 6.54 Å². The molecule has 0 radical (unpaired) electrons. The number of terminal acetylenes is 1. The summed E-state index contributed by atoms with van der Waals surface area (Å²) in [6.07, 6.45) is 5.16. The summed E-state index contributed by atoms with van der Waals surface area (Å²) in [6, 6.07) is 7.45. The number of hydrogen-bond acceptors (Lipinski definition) is 2. The summed E-state index contributed by atoms with van der Waals surface area (Å²) >= 11 is 0. The minimum Gasteiger partial charge on any atom is -0.481 e. The highest BCUT2D eigenvalue weighted by Crippen LogP contribution is 2.04. The largest absolute Gasteiger partial charge is 0.481 e. The fourth-order valence-electron chi connectivity index (χ4n) is 1.23. The van der Waals surface area contributed by atoms with Crippen molar-refractivity contribution in [1.29, 1.82) is 0 Å². The molecule has 0 aliphatic heterocycles. The Kier molecular flexibility index (Phi) is 4.39. The predicted octanol–water partition coefficient (Wildman–Crippen LogP) is 1.04. The number of hydrogen-bond donors (Lipinski definition) is 2. The molecule has 0 bridgehead atoms. The molecule has 2 N–H and O–H groups in total. The third-order valence-electron chi connectivity index (χ3n) is 1.93. The lowest BCUT2D eigenvalue weighted by Crippen LogP contribution is -2.12. The van der Waals surface area contributed by atoms with E-state index in [1.54, 1.807) is 0 Å². The molecule has 0 fully saturated rings. The normalized spacial score (nSPS) is 9.53. The summed E-state index contributed by atoms with van der Waals surface area (Å²) in [6.45, 7) is 1.24. The molecule has 3 nitrogen and oxygen atoms in total. The summed E-state index contributed by atoms with van der Waals surface area (Å²) < 4.78 is 0. The Balaban J connectivity index is 2.49. The van der Waals surface area contributed by atoms with Gasteiger partial charge in [-0.2, -0.15) is 0 Å². The molecular formula is C12H13NO2. The maximum Gasteiger partial charge on any atom is 0.307 e. The van der Waals surface area contributed by atoms with Gasteiger partial charge in [-0.25, -0.2) is 0 Å². The van der Waals surface area contributed by atoms with Gasteiger partial charge in [0.25, 0.3) is 0 Å². The molecular weight excluding hydrogens is 190 g/mol. The fraction of sp³-hybridized carbons (Fsp3) is 0.250. The van der Waals surface area contributed by atoms with Crippen LogP contribution in [0.4, 0.5) is 0 Å². The van der Waals surface area contributed by atoms with Gasteiger partial charge in [0.2, 0.25) is 0 Å². The van der Waals surface area contributed by atoms with E-state index in [4.69, 9.17) is 11.5 Å². The van der Waals surface area contributed by atoms with Crippen molar-refractivity contribution in [2.24, 2.45) is 0 Å². The Morgan fingerprint density at radius 1 is 1.33 bits per heavy atom. The van der Waals surface area contributed by atoms with Crippen LogP contribution in [0.25, 0.3) is 0 Å². The Morgan fingerprint density at radius 3 is 2.47 bits per heavy atom. The number of aliphatic carboxylic acids is 1. The second kappa shape index (κ2) is 5.84. The second-order valence-corrected chi connectivity index (χ2v) is 3.19. The van der Waals surface area contributed by atoms with Gasteiger partial charge in [0.1, 0.15) is 0 Å². The minimum atomic E-state index is -0.812. The van der Waals surface area contributed by atoms with E-state index in [9.17, 15) is 4.79 Å². The summed E-state index contributed by atoms with van der Waals surface area (Å²) in [4.78, 5) is 10.4. The molecule has 0 spiro atoms. The SMILES string of the molecule is C#CCNCc1ccc(CC(=O)O)cc1. The van der Waals surface area contributed by atoms with Crippen LogP contribution in [-0.2, 0) is 17.8 Å². The highest BCUT2D eigenvalue weighted by Gasteiger charge is 1.99. The molecule has 0 saturated carbocycles. The van der Waals surface area contributed by atoms with Crippen molar-refractivity contribution in [3.8, 4) is 12.3 Å². The molecule has 78 valence electrons. The van der Waals surface area contributed by atoms with Gasteiger partial charge < -0.3 is 10.4 Å². The molecule has 0 aliphatic carbocycles. The molecule has 1 aromatic carbocycles. The van der Waals surface area contributed by atoms with Crippen LogP contribution in [0, 0.1) is 12.3 Å². The van der Waals surface area contributed by atoms with Crippen molar-refractivity contribution < 1.29 is 9.90 Å². The Hall–Kier alpha value is -1.79. The molecule has 0 amide bonds. The lowest BCUT2D eigenvalue weighted by atomic mass is 10.1. The average molecular weight is 203 g/mol. The predicted molar refractivity (Wildman–Crippen MR) is 58.3 cm³/mol. The van der Waals surface area contributed by atoms with Gasteiger partial charge in [-0.1, -0.05) is 30.2 Å². The lowest BCUT2D eigenvalue weighted by molar-refractivity contribution is -0.136. The standard InChI is InChI=1S/C12H13NO2/c1-2-7-13-9-11-5-3-10(4-6-11)8-12(14)15/h1,3-6,13H,7-9H2,(H,14,15). The highest BCUT2D eigenvalue weighted by molar-refractivity contribution is 5.70. The van der Waals surface area contributed by atoms with Crippen molar-refractivity contribution in [2.45, 2.75) is 13.0 Å². The Labute approximate surface area is 89.1 Å². The molecule has 0 aliphatic rings. The van der Waals surface area contributed by atoms with Crippen LogP contribution in [0.15, 0.2) is 24.3 Å². The number of benzene rings is 1. The van der Waals surface area contributed by atoms with Crippen molar-refractivity contribution in [3.63, 3.8) is 0 Å². The first-order valence-corrected chi connectivity index (χ1v) is 4.66. The van der Waals surface area contributed by atoms with E-state index >= 15 is 0 Å². The van der Waals surface area contributed by atoms with Crippen molar-refractivity contribution in [3.05, 3.63) is 35.4 Å². The zero-order chi connectivity index (χ0) is 11.1. The molecule has 3 heteroatoms. The van der Waals surface area contributed by atoms with E-state index in [1.165, 1.54) is 0 Å². The first-order chi connectivity index (χ1) is 7.22. The van der Waals surface area contributed by atoms with Gasteiger partial charge >= 0.3 is 5.97 Å². The molecule has 0 aromatic heterocycles. The topological polar surface area (TPSA) is 49.3 Å². The van der Waals surface area contributed by atoms with Crippen LogP contribution >= 0.6 is 0 Å². The van der Waals surface area contributed by atoms with Gasteiger partial charge in [-0.15, -0.1) is 6.42 Å². The van der Waals surface area contributed by atoms with Crippen LogP contribution in [0.2, 0.25) is 0 Å². The van der Waals surface area contributed by atoms with Crippen LogP contribution in [0.1, 0.15) is 11.1 Å². The first kappa shape index (κ1) is 11.3. The van der Waals surface area contributed by atoms with Gasteiger partial charge in [-0.05, 0) is 11.1 Å². The summed E-state index contributed by atoms with van der Waals surface area (Å²) in [5.41, 5.74) is 1.91. The quantitative estimate of drug-likeness (QED) is 0.555. The summed E-state index contributed by atoms with van der Waals surface area (Å²) in [5.74, 6) is 1.67. The molecule has 1 aromatic rings. The van der Waals surface area contributed by atoms with Crippen LogP contribution in [-0.4, -0.2) is 17.6 Å². The van der Waals surface area contributed by atoms with E-state index in [0.717, 1.165) is 11.1 Å². The number of carbonyl (C=O) groups is 1. The minimum absolute atomic E-state index is 0.0675. The molecule has 0 atom stereocenters. The van der Waals surface area contributed by atoms with E-state index in [1.807, 2.05) is 24.3 Å². The number of carboxylic acid groups (broad SMARTS) is 1.